The van der Waals surface area contributed by atoms with Crippen molar-refractivity contribution in [2.75, 3.05) is 7.11 Å². The van der Waals surface area contributed by atoms with E-state index in [2.05, 4.69) is 19.9 Å². The average molecular weight is 442 g/mol. The van der Waals surface area contributed by atoms with E-state index in [0.29, 0.717) is 12.3 Å². The summed E-state index contributed by atoms with van der Waals surface area (Å²) in [5, 5.41) is 7.74. The van der Waals surface area contributed by atoms with Crippen LogP contribution in [0.3, 0.4) is 0 Å². The molecular weight excluding hydrogens is 414 g/mol. The second-order valence-corrected chi connectivity index (χ2v) is 9.49. The Bertz CT molecular complexity index is 1130. The van der Waals surface area contributed by atoms with Crippen molar-refractivity contribution in [3.8, 4) is 17.0 Å². The van der Waals surface area contributed by atoms with E-state index in [1.165, 1.54) is 0 Å². The topological polar surface area (TPSA) is 99.0 Å². The van der Waals surface area contributed by atoms with Gasteiger partial charge in [0.15, 0.2) is 0 Å². The van der Waals surface area contributed by atoms with Crippen LogP contribution in [0.2, 0.25) is 0 Å². The average Bonchev–Trinajstić information content (AvgIpc) is 3.33. The maximum absolute atomic E-state index is 13.2. The van der Waals surface area contributed by atoms with Gasteiger partial charge >= 0.3 is 0 Å². The number of hydrogen-bond donors (Lipinski definition) is 1. The lowest BCUT2D eigenvalue weighted by molar-refractivity contribution is 0.305. The van der Waals surface area contributed by atoms with Crippen LogP contribution in [0, 0.1) is 0 Å². The summed E-state index contributed by atoms with van der Waals surface area (Å²) in [6, 6.07) is 9.06. The van der Waals surface area contributed by atoms with Crippen LogP contribution in [-0.2, 0) is 16.4 Å². The fourth-order valence-corrected chi connectivity index (χ4v) is 5.58. The number of pyridine rings is 1. The molecule has 1 aromatic carbocycles. The van der Waals surface area contributed by atoms with Crippen molar-refractivity contribution in [1.82, 2.24) is 24.5 Å². The molecule has 0 spiro atoms. The van der Waals surface area contributed by atoms with Crippen molar-refractivity contribution in [2.45, 2.75) is 56.0 Å². The highest BCUT2D eigenvalue weighted by atomic mass is 32.2. The Morgan fingerprint density at radius 2 is 1.97 bits per heavy atom. The molecule has 1 aliphatic carbocycles. The lowest BCUT2D eigenvalue weighted by atomic mass is 9.91. The minimum absolute atomic E-state index is 0.131. The number of rotatable bonds is 7. The Kier molecular flexibility index (Phi) is 6.33. The first-order valence-corrected chi connectivity index (χ1v) is 12.0. The number of aryl methyl sites for hydroxylation is 1. The van der Waals surface area contributed by atoms with Gasteiger partial charge in [0.05, 0.1) is 12.0 Å². The van der Waals surface area contributed by atoms with Gasteiger partial charge in [-0.1, -0.05) is 13.0 Å². The number of sulfonamides is 1. The van der Waals surface area contributed by atoms with Crippen molar-refractivity contribution in [3.05, 3.63) is 54.7 Å². The summed E-state index contributed by atoms with van der Waals surface area (Å²) in [5.74, 6) is 0.476. The third-order valence-corrected chi connectivity index (χ3v) is 7.37. The van der Waals surface area contributed by atoms with Gasteiger partial charge in [0.2, 0.25) is 15.9 Å². The summed E-state index contributed by atoms with van der Waals surface area (Å²) in [6.45, 7) is 2.04. The van der Waals surface area contributed by atoms with Crippen LogP contribution in [0.5, 0.6) is 5.88 Å². The lowest BCUT2D eigenvalue weighted by Crippen LogP contribution is -2.38. The normalized spacial score (nSPS) is 19.3. The summed E-state index contributed by atoms with van der Waals surface area (Å²) >= 11 is 0. The summed E-state index contributed by atoms with van der Waals surface area (Å²) in [5.41, 5.74) is 2.64. The van der Waals surface area contributed by atoms with Gasteiger partial charge in [-0.05, 0) is 67.5 Å². The van der Waals surface area contributed by atoms with Crippen molar-refractivity contribution >= 4 is 10.0 Å². The van der Waals surface area contributed by atoms with Gasteiger partial charge in [-0.3, -0.25) is 0 Å². The number of benzene rings is 1. The van der Waals surface area contributed by atoms with E-state index in [1.807, 2.05) is 29.7 Å². The molecule has 0 aliphatic heterocycles. The Morgan fingerprint density at radius 1 is 1.16 bits per heavy atom. The predicted molar refractivity (Wildman–Crippen MR) is 117 cm³/mol. The molecule has 8 nitrogen and oxygen atoms in total. The molecule has 0 saturated heterocycles. The van der Waals surface area contributed by atoms with Crippen LogP contribution in [0.1, 0.15) is 44.2 Å². The van der Waals surface area contributed by atoms with E-state index in [4.69, 9.17) is 4.74 Å². The molecular formula is C22H27N5O3S. The zero-order chi connectivity index (χ0) is 21.8. The Balaban J connectivity index is 1.61. The maximum atomic E-state index is 13.2. The van der Waals surface area contributed by atoms with Gasteiger partial charge in [-0.2, -0.15) is 0 Å². The van der Waals surface area contributed by atoms with Gasteiger partial charge in [-0.15, -0.1) is 10.2 Å². The van der Waals surface area contributed by atoms with Crippen LogP contribution in [0.25, 0.3) is 11.1 Å². The minimum Gasteiger partial charge on any atom is -0.481 e. The van der Waals surface area contributed by atoms with Crippen molar-refractivity contribution < 1.29 is 13.2 Å². The molecule has 31 heavy (non-hydrogen) atoms. The Hall–Kier alpha value is -2.78. The molecule has 0 amide bonds. The molecule has 9 heteroatoms. The number of nitrogens with one attached hydrogen (secondary N) is 1. The summed E-state index contributed by atoms with van der Waals surface area (Å²) in [7, 11) is -2.11. The maximum Gasteiger partial charge on any atom is 0.240 e. The molecule has 4 rings (SSSR count). The lowest BCUT2D eigenvalue weighted by Gasteiger charge is -2.30. The van der Waals surface area contributed by atoms with Crippen molar-refractivity contribution in [3.63, 3.8) is 0 Å². The van der Waals surface area contributed by atoms with Gasteiger partial charge in [0.25, 0.3) is 0 Å². The number of ether oxygens (including phenoxy) is 1. The zero-order valence-corrected chi connectivity index (χ0v) is 18.5. The van der Waals surface area contributed by atoms with Crippen LogP contribution < -0.4 is 9.46 Å². The standard InChI is InChI=1S/C22H27N5O3S/c1-3-16-9-10-19(13-21(16)20-8-5-11-23-22(20)30-2)31(28,29)26-17-6-4-7-18(12-17)27-14-24-25-15-27/h5,8-11,13-15,17-18,26H,3-4,6-7,12H2,1-2H3. The van der Waals surface area contributed by atoms with Crippen LogP contribution >= 0.6 is 0 Å². The fraction of sp³-hybridized carbons (Fsp3) is 0.409. The van der Waals surface area contributed by atoms with E-state index in [-0.39, 0.29) is 17.0 Å². The smallest absolute Gasteiger partial charge is 0.240 e. The first-order chi connectivity index (χ1) is 15.0. The largest absolute Gasteiger partial charge is 0.481 e. The molecule has 2 aromatic heterocycles. The number of aromatic nitrogens is 4. The van der Waals surface area contributed by atoms with E-state index >= 15 is 0 Å². The number of nitrogens with zero attached hydrogens (tertiary/aromatic N) is 4. The summed E-state index contributed by atoms with van der Waals surface area (Å²) in [4.78, 5) is 4.51. The van der Waals surface area contributed by atoms with Gasteiger partial charge in [0.1, 0.15) is 12.7 Å². The second kappa shape index (κ2) is 9.15. The highest BCUT2D eigenvalue weighted by molar-refractivity contribution is 7.89. The highest BCUT2D eigenvalue weighted by Crippen LogP contribution is 2.33. The van der Waals surface area contributed by atoms with Gasteiger partial charge in [-0.25, -0.2) is 18.1 Å². The minimum atomic E-state index is -3.68. The van der Waals surface area contributed by atoms with Crippen LogP contribution in [0.4, 0.5) is 0 Å². The molecule has 0 radical (unpaired) electrons. The third-order valence-electron chi connectivity index (χ3n) is 5.85. The molecule has 164 valence electrons. The second-order valence-electron chi connectivity index (χ2n) is 7.78. The number of hydrogen-bond acceptors (Lipinski definition) is 6. The fourth-order valence-electron chi connectivity index (χ4n) is 4.27. The molecule has 1 N–H and O–H groups in total. The molecule has 3 aromatic rings. The zero-order valence-electron chi connectivity index (χ0n) is 17.7. The van der Waals surface area contributed by atoms with E-state index < -0.39 is 10.0 Å². The Labute approximate surface area is 182 Å². The van der Waals surface area contributed by atoms with Crippen molar-refractivity contribution in [1.29, 1.82) is 0 Å². The quantitative estimate of drug-likeness (QED) is 0.604. The monoisotopic (exact) mass is 441 g/mol. The summed E-state index contributed by atoms with van der Waals surface area (Å²) < 4.78 is 36.8. The van der Waals surface area contributed by atoms with Crippen LogP contribution in [-0.4, -0.2) is 41.3 Å². The van der Waals surface area contributed by atoms with Gasteiger partial charge < -0.3 is 9.30 Å². The first-order valence-electron chi connectivity index (χ1n) is 10.5. The molecule has 2 heterocycles. The van der Waals surface area contributed by atoms with E-state index in [0.717, 1.165) is 42.4 Å². The third kappa shape index (κ3) is 4.62. The highest BCUT2D eigenvalue weighted by Gasteiger charge is 2.28. The first kappa shape index (κ1) is 21.5. The summed E-state index contributed by atoms with van der Waals surface area (Å²) in [6.07, 6.45) is 9.28. The Morgan fingerprint density at radius 3 is 2.71 bits per heavy atom. The van der Waals surface area contributed by atoms with E-state index in [9.17, 15) is 8.42 Å². The molecule has 1 aliphatic rings. The molecule has 0 bridgehead atoms. The number of methoxy groups -OCH3 is 1. The molecule has 1 saturated carbocycles. The molecule has 1 fully saturated rings. The van der Waals surface area contributed by atoms with Crippen molar-refractivity contribution in [2.24, 2.45) is 0 Å². The SMILES string of the molecule is CCc1ccc(S(=O)(=O)NC2CCCC(n3cnnc3)C2)cc1-c1cccnc1OC. The van der Waals surface area contributed by atoms with Gasteiger partial charge in [0, 0.05) is 23.8 Å². The van der Waals surface area contributed by atoms with Crippen LogP contribution in [0.15, 0.2) is 54.1 Å². The predicted octanol–water partition coefficient (Wildman–Crippen LogP) is 3.37. The molecule has 2 atom stereocenters. The molecule has 2 unspecified atom stereocenters. The van der Waals surface area contributed by atoms with E-state index in [1.54, 1.807) is 38.1 Å².